The Balaban J connectivity index is 1.95. The molecule has 15 heavy (non-hydrogen) atoms. The minimum Gasteiger partial charge on any atom is -0.333 e. The molecule has 1 aromatic heterocycles. The summed E-state index contributed by atoms with van der Waals surface area (Å²) in [6, 6.07) is 0.312. The van der Waals surface area contributed by atoms with Crippen LogP contribution < -0.4 is 5.73 Å². The van der Waals surface area contributed by atoms with Gasteiger partial charge in [0.25, 0.3) is 0 Å². The Labute approximate surface area is 91.7 Å². The number of hydrogen-bond donors (Lipinski definition) is 1. The number of aryl methyl sites for hydroxylation is 1. The van der Waals surface area contributed by atoms with Crippen LogP contribution in [0.25, 0.3) is 0 Å². The molecule has 2 N–H and O–H groups in total. The molecule has 1 atom stereocenters. The Morgan fingerprint density at radius 2 is 2.27 bits per heavy atom. The molecule has 3 nitrogen and oxygen atoms in total. The van der Waals surface area contributed by atoms with Crippen molar-refractivity contribution >= 4 is 0 Å². The van der Waals surface area contributed by atoms with Crippen molar-refractivity contribution < 1.29 is 0 Å². The minimum absolute atomic E-state index is 0.312. The van der Waals surface area contributed by atoms with Gasteiger partial charge in [0.1, 0.15) is 5.82 Å². The maximum atomic E-state index is 6.25. The van der Waals surface area contributed by atoms with Gasteiger partial charge in [-0.2, -0.15) is 0 Å². The summed E-state index contributed by atoms with van der Waals surface area (Å²) < 4.78 is 2.21. The van der Waals surface area contributed by atoms with E-state index in [0.29, 0.717) is 6.04 Å². The summed E-state index contributed by atoms with van der Waals surface area (Å²) in [6.45, 7) is 3.08. The number of nitrogens with two attached hydrogens (primary N) is 1. The first-order valence-electron chi connectivity index (χ1n) is 6.07. The SMILES string of the molecule is CCc1nccn1CC(N)C1CCCC1. The second kappa shape index (κ2) is 4.79. The molecule has 0 bridgehead atoms. The van der Waals surface area contributed by atoms with E-state index in [0.717, 1.165) is 24.7 Å². The van der Waals surface area contributed by atoms with Crippen LogP contribution >= 0.6 is 0 Å². The predicted molar refractivity (Wildman–Crippen MR) is 61.5 cm³/mol. The third-order valence-corrected chi connectivity index (χ3v) is 3.53. The normalized spacial score (nSPS) is 19.6. The first-order valence-corrected chi connectivity index (χ1v) is 6.07. The van der Waals surface area contributed by atoms with E-state index in [2.05, 4.69) is 16.5 Å². The first kappa shape index (κ1) is 10.7. The van der Waals surface area contributed by atoms with Gasteiger partial charge in [0.2, 0.25) is 0 Å². The zero-order chi connectivity index (χ0) is 10.7. The van der Waals surface area contributed by atoms with Crippen LogP contribution in [0.15, 0.2) is 12.4 Å². The predicted octanol–water partition coefficient (Wildman–Crippen LogP) is 1.96. The maximum Gasteiger partial charge on any atom is 0.108 e. The standard InChI is InChI=1S/C12H21N3/c1-2-12-14-7-8-15(12)9-11(13)10-5-3-4-6-10/h7-8,10-11H,2-6,9,13H2,1H3. The Kier molecular flexibility index (Phi) is 3.41. The summed E-state index contributed by atoms with van der Waals surface area (Å²) in [7, 11) is 0. The molecule has 1 aliphatic carbocycles. The van der Waals surface area contributed by atoms with E-state index >= 15 is 0 Å². The number of aromatic nitrogens is 2. The highest BCUT2D eigenvalue weighted by molar-refractivity contribution is 4.93. The molecular weight excluding hydrogens is 186 g/mol. The lowest BCUT2D eigenvalue weighted by Gasteiger charge is -2.20. The molecule has 0 aromatic carbocycles. The summed E-state index contributed by atoms with van der Waals surface area (Å²) in [5.74, 6) is 1.89. The van der Waals surface area contributed by atoms with E-state index in [1.807, 2.05) is 12.4 Å². The van der Waals surface area contributed by atoms with Gasteiger partial charge in [-0.15, -0.1) is 0 Å². The number of nitrogens with zero attached hydrogens (tertiary/aromatic N) is 2. The highest BCUT2D eigenvalue weighted by Crippen LogP contribution is 2.27. The second-order valence-electron chi connectivity index (χ2n) is 4.56. The number of imidazole rings is 1. The number of hydrogen-bond acceptors (Lipinski definition) is 2. The molecule has 1 aliphatic rings. The zero-order valence-electron chi connectivity index (χ0n) is 9.52. The topological polar surface area (TPSA) is 43.8 Å². The van der Waals surface area contributed by atoms with Gasteiger partial charge in [-0.3, -0.25) is 0 Å². The summed E-state index contributed by atoms with van der Waals surface area (Å²) in [6.07, 6.45) is 10.3. The average molecular weight is 207 g/mol. The monoisotopic (exact) mass is 207 g/mol. The van der Waals surface area contributed by atoms with Crippen LogP contribution in [0.4, 0.5) is 0 Å². The summed E-state index contributed by atoms with van der Waals surface area (Å²) >= 11 is 0. The quantitative estimate of drug-likeness (QED) is 0.820. The van der Waals surface area contributed by atoms with Crippen molar-refractivity contribution in [1.82, 2.24) is 9.55 Å². The molecule has 1 unspecified atom stereocenters. The lowest BCUT2D eigenvalue weighted by atomic mass is 9.99. The fourth-order valence-electron chi connectivity index (χ4n) is 2.58. The van der Waals surface area contributed by atoms with Gasteiger partial charge in [0.15, 0.2) is 0 Å². The van der Waals surface area contributed by atoms with Crippen LogP contribution in [0.1, 0.15) is 38.4 Å². The van der Waals surface area contributed by atoms with Gasteiger partial charge < -0.3 is 10.3 Å². The number of rotatable bonds is 4. The van der Waals surface area contributed by atoms with E-state index in [1.165, 1.54) is 25.7 Å². The van der Waals surface area contributed by atoms with Crippen LogP contribution in [0, 0.1) is 5.92 Å². The Hall–Kier alpha value is -0.830. The zero-order valence-corrected chi connectivity index (χ0v) is 9.52. The van der Waals surface area contributed by atoms with Gasteiger partial charge in [-0.1, -0.05) is 19.8 Å². The highest BCUT2D eigenvalue weighted by Gasteiger charge is 2.22. The fourth-order valence-corrected chi connectivity index (χ4v) is 2.58. The Bertz CT molecular complexity index is 300. The first-order chi connectivity index (χ1) is 7.31. The van der Waals surface area contributed by atoms with Crippen molar-refractivity contribution in [2.45, 2.75) is 51.6 Å². The van der Waals surface area contributed by atoms with Crippen molar-refractivity contribution in [3.05, 3.63) is 18.2 Å². The molecule has 0 saturated heterocycles. The molecule has 1 fully saturated rings. The molecule has 0 aliphatic heterocycles. The van der Waals surface area contributed by atoms with Crippen molar-refractivity contribution in [1.29, 1.82) is 0 Å². The van der Waals surface area contributed by atoms with Gasteiger partial charge in [-0.05, 0) is 18.8 Å². The van der Waals surface area contributed by atoms with Crippen LogP contribution in [-0.2, 0) is 13.0 Å². The molecule has 1 aromatic rings. The van der Waals surface area contributed by atoms with Gasteiger partial charge in [-0.25, -0.2) is 4.98 Å². The van der Waals surface area contributed by atoms with Crippen LogP contribution in [0.3, 0.4) is 0 Å². The van der Waals surface area contributed by atoms with Crippen LogP contribution in [0.2, 0.25) is 0 Å². The molecule has 0 amide bonds. The highest BCUT2D eigenvalue weighted by atomic mass is 15.1. The molecule has 1 saturated carbocycles. The lowest BCUT2D eigenvalue weighted by molar-refractivity contribution is 0.383. The molecule has 1 heterocycles. The summed E-state index contributed by atoms with van der Waals surface area (Å²) in [5, 5.41) is 0. The van der Waals surface area contributed by atoms with Crippen LogP contribution in [0.5, 0.6) is 0 Å². The van der Waals surface area contributed by atoms with Gasteiger partial charge in [0, 0.05) is 31.4 Å². The lowest BCUT2D eigenvalue weighted by Crippen LogP contribution is -2.33. The Morgan fingerprint density at radius 3 is 2.93 bits per heavy atom. The molecular formula is C12H21N3. The van der Waals surface area contributed by atoms with E-state index in [9.17, 15) is 0 Å². The molecule has 0 spiro atoms. The van der Waals surface area contributed by atoms with E-state index < -0.39 is 0 Å². The maximum absolute atomic E-state index is 6.25. The average Bonchev–Trinajstić information content (AvgIpc) is 2.87. The third-order valence-electron chi connectivity index (χ3n) is 3.53. The van der Waals surface area contributed by atoms with Gasteiger partial charge in [0.05, 0.1) is 0 Å². The third kappa shape index (κ3) is 2.40. The summed E-state index contributed by atoms with van der Waals surface area (Å²) in [5.41, 5.74) is 6.25. The minimum atomic E-state index is 0.312. The fraction of sp³-hybridized carbons (Fsp3) is 0.750. The smallest absolute Gasteiger partial charge is 0.108 e. The van der Waals surface area contributed by atoms with Crippen LogP contribution in [-0.4, -0.2) is 15.6 Å². The summed E-state index contributed by atoms with van der Waals surface area (Å²) in [4.78, 5) is 4.32. The van der Waals surface area contributed by atoms with Crippen molar-refractivity contribution in [3.63, 3.8) is 0 Å². The van der Waals surface area contributed by atoms with Crippen molar-refractivity contribution in [2.75, 3.05) is 0 Å². The van der Waals surface area contributed by atoms with Crippen molar-refractivity contribution in [3.8, 4) is 0 Å². The molecule has 0 radical (unpaired) electrons. The largest absolute Gasteiger partial charge is 0.333 e. The van der Waals surface area contributed by atoms with Gasteiger partial charge >= 0.3 is 0 Å². The van der Waals surface area contributed by atoms with E-state index in [4.69, 9.17) is 5.73 Å². The Morgan fingerprint density at radius 1 is 1.53 bits per heavy atom. The second-order valence-corrected chi connectivity index (χ2v) is 4.56. The molecule has 2 rings (SSSR count). The van der Waals surface area contributed by atoms with E-state index in [-0.39, 0.29) is 0 Å². The molecule has 3 heteroatoms. The van der Waals surface area contributed by atoms with Crippen molar-refractivity contribution in [2.24, 2.45) is 11.7 Å². The molecule has 84 valence electrons. The van der Waals surface area contributed by atoms with E-state index in [1.54, 1.807) is 0 Å².